The zero-order chi connectivity index (χ0) is 32.2. The van der Waals surface area contributed by atoms with Gasteiger partial charge in [-0.05, 0) is 51.8 Å². The summed E-state index contributed by atoms with van der Waals surface area (Å²) in [5.74, 6) is 0. The second-order valence-electron chi connectivity index (χ2n) is 14.8. The van der Waals surface area contributed by atoms with Gasteiger partial charge in [0, 0.05) is 49.4 Å². The third-order valence-electron chi connectivity index (χ3n) is 12.2. The number of rotatable bonds is 1. The smallest absolute Gasteiger partial charge is 0.252 e. The lowest BCUT2D eigenvalue weighted by Crippen LogP contribution is -2.63. The molecule has 0 N–H and O–H groups in total. The van der Waals surface area contributed by atoms with Crippen LogP contribution in [0.25, 0.3) is 55.0 Å². The van der Waals surface area contributed by atoms with Gasteiger partial charge in [-0.1, -0.05) is 152 Å². The molecule has 7 aromatic carbocycles. The molecule has 0 saturated carbocycles. The number of nitrogens with zero attached hydrogens (tertiary/aromatic N) is 2. The molecule has 0 atom stereocenters. The Hall–Kier alpha value is -5.73. The molecule has 3 aliphatic rings. The van der Waals surface area contributed by atoms with Gasteiger partial charge < -0.3 is 9.13 Å². The van der Waals surface area contributed by atoms with Crippen LogP contribution in [0.15, 0.2) is 146 Å². The molecule has 4 heteroatoms. The maximum Gasteiger partial charge on any atom is 0.252 e. The second-order valence-corrected chi connectivity index (χ2v) is 14.8. The van der Waals surface area contributed by atoms with E-state index in [4.69, 9.17) is 0 Å². The first-order valence-corrected chi connectivity index (χ1v) is 17.5. The molecule has 0 unspecified atom stereocenters. The number of benzene rings is 7. The van der Waals surface area contributed by atoms with Crippen LogP contribution in [0.5, 0.6) is 0 Å². The van der Waals surface area contributed by atoms with E-state index in [-0.39, 0.29) is 18.8 Å². The Morgan fingerprint density at radius 3 is 1.39 bits per heavy atom. The zero-order valence-electron chi connectivity index (χ0n) is 27.4. The normalized spacial score (nSPS) is 14.8. The van der Waals surface area contributed by atoms with Crippen molar-refractivity contribution in [1.82, 2.24) is 9.13 Å². The van der Waals surface area contributed by atoms with E-state index in [1.54, 1.807) is 0 Å². The van der Waals surface area contributed by atoms with Gasteiger partial charge in [0.2, 0.25) is 6.71 Å². The first-order chi connectivity index (χ1) is 24.1. The molecule has 0 spiro atoms. The first kappa shape index (κ1) is 26.3. The molecule has 2 aromatic heterocycles. The van der Waals surface area contributed by atoms with E-state index in [9.17, 15) is 0 Å². The maximum absolute atomic E-state index is 2.60. The lowest BCUT2D eigenvalue weighted by atomic mass is 9.30. The van der Waals surface area contributed by atoms with Crippen LogP contribution in [-0.4, -0.2) is 22.6 Å². The van der Waals surface area contributed by atoms with Gasteiger partial charge in [0.25, 0.3) is 6.71 Å². The molecule has 0 fully saturated rings. The highest BCUT2D eigenvalue weighted by Gasteiger charge is 2.44. The largest absolute Gasteiger partial charge is 0.310 e. The summed E-state index contributed by atoms with van der Waals surface area (Å²) >= 11 is 0. The maximum atomic E-state index is 2.60. The van der Waals surface area contributed by atoms with Gasteiger partial charge in [0.1, 0.15) is 0 Å². The van der Waals surface area contributed by atoms with Crippen LogP contribution < -0.4 is 32.8 Å². The molecule has 5 heterocycles. The minimum Gasteiger partial charge on any atom is -0.310 e. The van der Waals surface area contributed by atoms with Crippen LogP contribution in [0.4, 0.5) is 0 Å². The lowest BCUT2D eigenvalue weighted by molar-refractivity contribution is 0.646. The standard InChI is InChI=1S/C45H30B2N2/c1-45(2)32-17-5-7-19-34(32)46(35-20-8-6-18-33(35)45)27-25-40-42-41(26-27)49-39-24-10-4-14-29(39)31-16-12-22-37(44(31)49)47(42)36-21-11-15-30-28-13-3-9-23-38(28)48(40)43(30)36/h3-26H,1-2H3. The van der Waals surface area contributed by atoms with Gasteiger partial charge in [0.05, 0.1) is 11.0 Å². The third-order valence-corrected chi connectivity index (χ3v) is 12.2. The molecule has 226 valence electrons. The molecule has 49 heavy (non-hydrogen) atoms. The Bertz CT molecular complexity index is 2750. The van der Waals surface area contributed by atoms with E-state index in [0.29, 0.717) is 0 Å². The van der Waals surface area contributed by atoms with E-state index in [0.717, 1.165) is 0 Å². The summed E-state index contributed by atoms with van der Waals surface area (Å²) in [4.78, 5) is 0. The van der Waals surface area contributed by atoms with Crippen molar-refractivity contribution in [1.29, 1.82) is 0 Å². The molecule has 9 aromatic rings. The minimum absolute atomic E-state index is 0.0826. The Kier molecular flexibility index (Phi) is 4.73. The molecular formula is C45H30B2N2. The summed E-state index contributed by atoms with van der Waals surface area (Å²) in [6, 6.07) is 55.4. The van der Waals surface area contributed by atoms with Crippen molar-refractivity contribution in [3.8, 4) is 11.4 Å². The number of para-hydroxylation sites is 4. The van der Waals surface area contributed by atoms with Crippen molar-refractivity contribution in [3.05, 3.63) is 157 Å². The van der Waals surface area contributed by atoms with Crippen molar-refractivity contribution in [3.63, 3.8) is 0 Å². The third kappa shape index (κ3) is 3.04. The van der Waals surface area contributed by atoms with E-state index in [2.05, 4.69) is 169 Å². The van der Waals surface area contributed by atoms with Crippen LogP contribution in [0.1, 0.15) is 25.0 Å². The number of hydrogen-bond donors (Lipinski definition) is 0. The van der Waals surface area contributed by atoms with Gasteiger partial charge in [-0.2, -0.15) is 0 Å². The summed E-state index contributed by atoms with van der Waals surface area (Å²) in [5, 5.41) is 5.30. The molecule has 0 bridgehead atoms. The molecule has 0 aliphatic carbocycles. The minimum atomic E-state index is -0.0826. The summed E-state index contributed by atoms with van der Waals surface area (Å²) < 4.78 is 5.19. The summed E-state index contributed by atoms with van der Waals surface area (Å²) in [6.45, 7) is 5.04. The Morgan fingerprint density at radius 2 is 0.857 bits per heavy atom. The van der Waals surface area contributed by atoms with Crippen LogP contribution >= 0.6 is 0 Å². The van der Waals surface area contributed by atoms with Crippen LogP contribution in [0.3, 0.4) is 0 Å². The molecule has 2 nitrogen and oxygen atoms in total. The fourth-order valence-electron chi connectivity index (χ4n) is 10.3. The van der Waals surface area contributed by atoms with Crippen molar-refractivity contribution < 1.29 is 0 Å². The zero-order valence-corrected chi connectivity index (χ0v) is 27.4. The number of fused-ring (bicyclic) bond motifs is 12. The number of hydrogen-bond acceptors (Lipinski definition) is 0. The molecular weight excluding hydrogens is 590 g/mol. The molecule has 3 aliphatic heterocycles. The monoisotopic (exact) mass is 620 g/mol. The van der Waals surface area contributed by atoms with Crippen molar-refractivity contribution in [2.45, 2.75) is 19.3 Å². The SMILES string of the molecule is CC1(C)c2ccccc2B(c2cc3c4c(c2)-n2c5ccccc5c5cccc(c52)B4c2cccc4c5ccccc5n-3c24)c2ccccc21. The predicted octanol–water partition coefficient (Wildman–Crippen LogP) is 6.18. The summed E-state index contributed by atoms with van der Waals surface area (Å²) in [5.41, 5.74) is 19.0. The van der Waals surface area contributed by atoms with Crippen LogP contribution in [0.2, 0.25) is 0 Å². The first-order valence-electron chi connectivity index (χ1n) is 17.5. The van der Waals surface area contributed by atoms with Crippen molar-refractivity contribution in [2.24, 2.45) is 0 Å². The van der Waals surface area contributed by atoms with Gasteiger partial charge in [-0.3, -0.25) is 0 Å². The number of aromatic nitrogens is 2. The van der Waals surface area contributed by atoms with Crippen LogP contribution in [0, 0.1) is 0 Å². The highest BCUT2D eigenvalue weighted by molar-refractivity contribution is 7.01. The van der Waals surface area contributed by atoms with E-state index in [1.807, 2.05) is 0 Å². The molecule has 12 rings (SSSR count). The van der Waals surface area contributed by atoms with E-state index >= 15 is 0 Å². The molecule has 0 amide bonds. The van der Waals surface area contributed by atoms with E-state index < -0.39 is 0 Å². The lowest BCUT2D eigenvalue weighted by Gasteiger charge is -2.39. The van der Waals surface area contributed by atoms with E-state index in [1.165, 1.54) is 98.9 Å². The Balaban J connectivity index is 1.30. The Labute approximate surface area is 285 Å². The van der Waals surface area contributed by atoms with Crippen LogP contribution in [-0.2, 0) is 5.41 Å². The van der Waals surface area contributed by atoms with Crippen molar-refractivity contribution in [2.75, 3.05) is 0 Å². The average molecular weight is 620 g/mol. The highest BCUT2D eigenvalue weighted by atomic mass is 15.0. The van der Waals surface area contributed by atoms with Gasteiger partial charge in [-0.25, -0.2) is 0 Å². The topological polar surface area (TPSA) is 9.86 Å². The second kappa shape index (κ2) is 8.84. The highest BCUT2D eigenvalue weighted by Crippen LogP contribution is 2.39. The molecule has 0 saturated heterocycles. The molecule has 0 radical (unpaired) electrons. The average Bonchev–Trinajstić information content (AvgIpc) is 3.67. The quantitative estimate of drug-likeness (QED) is 0.194. The fraction of sp³-hybridized carbons (Fsp3) is 0.0667. The summed E-state index contributed by atoms with van der Waals surface area (Å²) in [7, 11) is 0. The van der Waals surface area contributed by atoms with Gasteiger partial charge in [0.15, 0.2) is 0 Å². The fourth-order valence-corrected chi connectivity index (χ4v) is 10.3. The van der Waals surface area contributed by atoms with Gasteiger partial charge in [-0.15, -0.1) is 0 Å². The predicted molar refractivity (Wildman–Crippen MR) is 209 cm³/mol. The summed E-state index contributed by atoms with van der Waals surface area (Å²) in [6.07, 6.45) is 0. The Morgan fingerprint density at radius 1 is 0.429 bits per heavy atom. The van der Waals surface area contributed by atoms with Gasteiger partial charge >= 0.3 is 0 Å². The van der Waals surface area contributed by atoms with Crippen molar-refractivity contribution >= 4 is 89.8 Å².